The lowest BCUT2D eigenvalue weighted by molar-refractivity contribution is -0.133. The van der Waals surface area contributed by atoms with Crippen molar-refractivity contribution in [3.8, 4) is 0 Å². The number of rotatable bonds is 6. The first kappa shape index (κ1) is 13.4. The van der Waals surface area contributed by atoms with Crippen LogP contribution >= 0.6 is 11.8 Å². The number of morpholine rings is 1. The quantitative estimate of drug-likeness (QED) is 0.755. The van der Waals surface area contributed by atoms with Gasteiger partial charge in [-0.15, -0.1) is 0 Å². The standard InChI is InChI=1S/C11H17N3O3S/c15-10(16)9-18-11-12-1-2-14(11)4-3-13-5-7-17-8-6-13/h1-2H,3-9H2,(H,15,16). The van der Waals surface area contributed by atoms with E-state index in [1.165, 1.54) is 11.8 Å². The van der Waals surface area contributed by atoms with E-state index in [9.17, 15) is 4.79 Å². The zero-order chi connectivity index (χ0) is 12.8. The molecule has 0 atom stereocenters. The second-order valence-electron chi connectivity index (χ2n) is 4.04. The normalized spacial score (nSPS) is 16.9. The number of hydrogen-bond donors (Lipinski definition) is 1. The van der Waals surface area contributed by atoms with Crippen molar-refractivity contribution in [2.45, 2.75) is 11.7 Å². The molecule has 1 aromatic rings. The molecule has 2 rings (SSSR count). The van der Waals surface area contributed by atoms with E-state index in [0.717, 1.165) is 44.5 Å². The fraction of sp³-hybridized carbons (Fsp3) is 0.636. The summed E-state index contributed by atoms with van der Waals surface area (Å²) in [6.07, 6.45) is 3.61. The van der Waals surface area contributed by atoms with Gasteiger partial charge in [0.25, 0.3) is 0 Å². The molecule has 0 bridgehead atoms. The third kappa shape index (κ3) is 4.01. The van der Waals surface area contributed by atoms with Crippen LogP contribution in [0.1, 0.15) is 0 Å². The Hall–Kier alpha value is -1.05. The molecule has 0 spiro atoms. The van der Waals surface area contributed by atoms with Gasteiger partial charge in [-0.25, -0.2) is 4.98 Å². The molecule has 2 heterocycles. The van der Waals surface area contributed by atoms with E-state index >= 15 is 0 Å². The average Bonchev–Trinajstić information content (AvgIpc) is 2.82. The number of nitrogens with zero attached hydrogens (tertiary/aromatic N) is 3. The summed E-state index contributed by atoms with van der Waals surface area (Å²) in [4.78, 5) is 17.0. The van der Waals surface area contributed by atoms with E-state index < -0.39 is 5.97 Å². The molecule has 0 amide bonds. The molecule has 6 nitrogen and oxygen atoms in total. The van der Waals surface area contributed by atoms with Crippen LogP contribution in [0.3, 0.4) is 0 Å². The Morgan fingerprint density at radius 2 is 2.22 bits per heavy atom. The number of ether oxygens (including phenoxy) is 1. The highest BCUT2D eigenvalue weighted by atomic mass is 32.2. The predicted molar refractivity (Wildman–Crippen MR) is 67.8 cm³/mol. The summed E-state index contributed by atoms with van der Waals surface area (Å²) in [5, 5.41) is 9.43. The molecule has 18 heavy (non-hydrogen) atoms. The fourth-order valence-electron chi connectivity index (χ4n) is 1.81. The van der Waals surface area contributed by atoms with Crippen LogP contribution in [0.2, 0.25) is 0 Å². The zero-order valence-corrected chi connectivity index (χ0v) is 10.9. The van der Waals surface area contributed by atoms with E-state index in [1.807, 2.05) is 10.8 Å². The molecule has 0 aliphatic carbocycles. The van der Waals surface area contributed by atoms with Crippen molar-refractivity contribution in [1.29, 1.82) is 0 Å². The van der Waals surface area contributed by atoms with Crippen molar-refractivity contribution < 1.29 is 14.6 Å². The number of aliphatic carboxylic acids is 1. The molecule has 0 unspecified atom stereocenters. The summed E-state index contributed by atoms with van der Waals surface area (Å²) in [5.74, 6) is -0.767. The van der Waals surface area contributed by atoms with Crippen LogP contribution in [0.15, 0.2) is 17.6 Å². The second kappa shape index (κ2) is 6.77. The van der Waals surface area contributed by atoms with E-state index in [1.54, 1.807) is 6.20 Å². The van der Waals surface area contributed by atoms with Crippen LogP contribution in [-0.4, -0.2) is 64.1 Å². The molecule has 1 fully saturated rings. The van der Waals surface area contributed by atoms with Gasteiger partial charge < -0.3 is 14.4 Å². The maximum Gasteiger partial charge on any atom is 0.313 e. The Kier molecular flexibility index (Phi) is 5.03. The molecular formula is C11H17N3O3S. The van der Waals surface area contributed by atoms with E-state index in [0.29, 0.717) is 0 Å². The first-order chi connectivity index (χ1) is 8.75. The summed E-state index contributed by atoms with van der Waals surface area (Å²) in [6.45, 7) is 5.30. The van der Waals surface area contributed by atoms with Gasteiger partial charge in [0.1, 0.15) is 0 Å². The van der Waals surface area contributed by atoms with Gasteiger partial charge in [-0.1, -0.05) is 11.8 Å². The van der Waals surface area contributed by atoms with Crippen molar-refractivity contribution in [2.75, 3.05) is 38.6 Å². The summed E-state index contributed by atoms with van der Waals surface area (Å²) in [6, 6.07) is 0. The van der Waals surface area contributed by atoms with Crippen molar-refractivity contribution >= 4 is 17.7 Å². The summed E-state index contributed by atoms with van der Waals surface area (Å²) in [7, 11) is 0. The number of carbonyl (C=O) groups is 1. The molecule has 1 aliphatic heterocycles. The van der Waals surface area contributed by atoms with Gasteiger partial charge in [-0.05, 0) is 0 Å². The monoisotopic (exact) mass is 271 g/mol. The minimum atomic E-state index is -0.817. The van der Waals surface area contributed by atoms with Gasteiger partial charge in [0, 0.05) is 38.6 Å². The third-order valence-electron chi connectivity index (χ3n) is 2.76. The molecule has 100 valence electrons. The number of aromatic nitrogens is 2. The number of imidazole rings is 1. The summed E-state index contributed by atoms with van der Waals surface area (Å²) in [5.41, 5.74) is 0. The van der Waals surface area contributed by atoms with Gasteiger partial charge in [0.05, 0.1) is 19.0 Å². The maximum absolute atomic E-state index is 10.5. The van der Waals surface area contributed by atoms with Crippen LogP contribution in [0, 0.1) is 0 Å². The van der Waals surface area contributed by atoms with Crippen LogP contribution in [-0.2, 0) is 16.1 Å². The zero-order valence-electron chi connectivity index (χ0n) is 10.1. The van der Waals surface area contributed by atoms with Gasteiger partial charge in [0.2, 0.25) is 0 Å². The average molecular weight is 271 g/mol. The number of hydrogen-bond acceptors (Lipinski definition) is 5. The van der Waals surface area contributed by atoms with Gasteiger partial charge >= 0.3 is 5.97 Å². The maximum atomic E-state index is 10.5. The molecule has 1 N–H and O–H groups in total. The number of carboxylic acids is 1. The summed E-state index contributed by atoms with van der Waals surface area (Å²) >= 11 is 1.26. The van der Waals surface area contributed by atoms with Gasteiger partial charge in [-0.2, -0.15) is 0 Å². The van der Waals surface area contributed by atoms with Crippen LogP contribution in [0.5, 0.6) is 0 Å². The van der Waals surface area contributed by atoms with Crippen molar-refractivity contribution in [3.63, 3.8) is 0 Å². The Morgan fingerprint density at radius 1 is 1.44 bits per heavy atom. The van der Waals surface area contributed by atoms with Gasteiger partial charge in [-0.3, -0.25) is 9.69 Å². The minimum absolute atomic E-state index is 0.0502. The minimum Gasteiger partial charge on any atom is -0.481 e. The Labute approximate surface area is 110 Å². The van der Waals surface area contributed by atoms with Crippen LogP contribution in [0.25, 0.3) is 0 Å². The third-order valence-corrected chi connectivity index (χ3v) is 3.75. The molecular weight excluding hydrogens is 254 g/mol. The molecule has 1 saturated heterocycles. The molecule has 1 aliphatic rings. The number of carboxylic acid groups (broad SMARTS) is 1. The van der Waals surface area contributed by atoms with Crippen LogP contribution < -0.4 is 0 Å². The van der Waals surface area contributed by atoms with Crippen molar-refractivity contribution in [1.82, 2.24) is 14.5 Å². The van der Waals surface area contributed by atoms with Crippen LogP contribution in [0.4, 0.5) is 0 Å². The van der Waals surface area contributed by atoms with Crippen molar-refractivity contribution in [2.24, 2.45) is 0 Å². The largest absolute Gasteiger partial charge is 0.481 e. The Bertz CT molecular complexity index is 391. The molecule has 0 aromatic carbocycles. The Morgan fingerprint density at radius 3 is 2.94 bits per heavy atom. The highest BCUT2D eigenvalue weighted by molar-refractivity contribution is 7.99. The topological polar surface area (TPSA) is 67.6 Å². The number of thioether (sulfide) groups is 1. The van der Waals surface area contributed by atoms with Gasteiger partial charge in [0.15, 0.2) is 5.16 Å². The predicted octanol–water partition coefficient (Wildman–Crippen LogP) is 0.392. The smallest absolute Gasteiger partial charge is 0.313 e. The SMILES string of the molecule is O=C(O)CSc1nccn1CCN1CCOCC1. The summed E-state index contributed by atoms with van der Waals surface area (Å²) < 4.78 is 7.30. The highest BCUT2D eigenvalue weighted by Crippen LogP contribution is 2.15. The van der Waals surface area contributed by atoms with E-state index in [2.05, 4.69) is 9.88 Å². The molecule has 7 heteroatoms. The lowest BCUT2D eigenvalue weighted by Crippen LogP contribution is -2.38. The molecule has 0 saturated carbocycles. The first-order valence-electron chi connectivity index (χ1n) is 5.91. The highest BCUT2D eigenvalue weighted by Gasteiger charge is 2.11. The van der Waals surface area contributed by atoms with E-state index in [4.69, 9.17) is 9.84 Å². The Balaban J connectivity index is 1.81. The fourth-order valence-corrected chi connectivity index (χ4v) is 2.51. The lowest BCUT2D eigenvalue weighted by atomic mass is 10.4. The second-order valence-corrected chi connectivity index (χ2v) is 4.98. The molecule has 0 radical (unpaired) electrons. The molecule has 1 aromatic heterocycles. The van der Waals surface area contributed by atoms with E-state index in [-0.39, 0.29) is 5.75 Å². The lowest BCUT2D eigenvalue weighted by Gasteiger charge is -2.26. The van der Waals surface area contributed by atoms with Crippen molar-refractivity contribution in [3.05, 3.63) is 12.4 Å². The first-order valence-corrected chi connectivity index (χ1v) is 6.90.